The third-order valence-electron chi connectivity index (χ3n) is 3.85. The second-order valence-electron chi connectivity index (χ2n) is 5.06. The van der Waals surface area contributed by atoms with E-state index < -0.39 is 16.8 Å². The first-order chi connectivity index (χ1) is 9.09. The lowest BCUT2D eigenvalue weighted by Crippen LogP contribution is -2.23. The monoisotopic (exact) mass is 263 g/mol. The lowest BCUT2D eigenvalue weighted by molar-refractivity contribution is -0.384. The van der Waals surface area contributed by atoms with Crippen LogP contribution in [0.2, 0.25) is 0 Å². The Balaban J connectivity index is 2.23. The molecule has 0 heterocycles. The van der Waals surface area contributed by atoms with E-state index >= 15 is 0 Å². The van der Waals surface area contributed by atoms with Crippen LogP contribution in [0.4, 0.5) is 5.69 Å². The lowest BCUT2D eigenvalue weighted by atomic mass is 9.77. The molecule has 0 spiro atoms. The van der Waals surface area contributed by atoms with Gasteiger partial charge < -0.3 is 5.11 Å². The summed E-state index contributed by atoms with van der Waals surface area (Å²) >= 11 is 0. The number of nitrogens with zero attached hydrogens (tertiary/aromatic N) is 1. The number of nitro benzene ring substituents is 1. The van der Waals surface area contributed by atoms with Crippen molar-refractivity contribution in [1.82, 2.24) is 0 Å². The van der Waals surface area contributed by atoms with Gasteiger partial charge in [0.1, 0.15) is 0 Å². The minimum absolute atomic E-state index is 0.00321. The fraction of sp³-hybridized carbons (Fsp3) is 0.500. The molecule has 2 rings (SSSR count). The minimum atomic E-state index is -0.833. The van der Waals surface area contributed by atoms with Crippen LogP contribution in [0.25, 0.3) is 0 Å². The van der Waals surface area contributed by atoms with Crippen molar-refractivity contribution >= 4 is 11.7 Å². The lowest BCUT2D eigenvalue weighted by Gasteiger charge is -2.27. The Kier molecular flexibility index (Phi) is 4.14. The summed E-state index contributed by atoms with van der Waals surface area (Å²) in [4.78, 5) is 21.6. The zero-order chi connectivity index (χ0) is 13.8. The van der Waals surface area contributed by atoms with Crippen LogP contribution >= 0.6 is 0 Å². The molecule has 0 amide bonds. The molecule has 0 aromatic heterocycles. The average Bonchev–Trinajstić information content (AvgIpc) is 2.40. The smallest absolute Gasteiger partial charge is 0.311 e. The van der Waals surface area contributed by atoms with Gasteiger partial charge >= 0.3 is 5.97 Å². The Morgan fingerprint density at radius 1 is 1.21 bits per heavy atom. The van der Waals surface area contributed by atoms with Crippen molar-refractivity contribution in [3.63, 3.8) is 0 Å². The molecule has 0 aliphatic heterocycles. The quantitative estimate of drug-likeness (QED) is 0.667. The Bertz CT molecular complexity index is 463. The maximum Gasteiger partial charge on any atom is 0.311 e. The van der Waals surface area contributed by atoms with Crippen LogP contribution in [-0.2, 0) is 4.79 Å². The van der Waals surface area contributed by atoms with Crippen LogP contribution in [-0.4, -0.2) is 16.0 Å². The van der Waals surface area contributed by atoms with Gasteiger partial charge in [0.2, 0.25) is 0 Å². The summed E-state index contributed by atoms with van der Waals surface area (Å²) in [5.41, 5.74) is 0.668. The van der Waals surface area contributed by atoms with Crippen LogP contribution in [0.5, 0.6) is 0 Å². The number of rotatable bonds is 4. The van der Waals surface area contributed by atoms with Crippen LogP contribution < -0.4 is 0 Å². The number of carbonyl (C=O) groups is 1. The van der Waals surface area contributed by atoms with E-state index in [1.165, 1.54) is 18.6 Å². The van der Waals surface area contributed by atoms with Gasteiger partial charge in [-0.2, -0.15) is 0 Å². The summed E-state index contributed by atoms with van der Waals surface area (Å²) in [5.74, 6) is -1.23. The van der Waals surface area contributed by atoms with Gasteiger partial charge in [0, 0.05) is 12.1 Å². The maximum absolute atomic E-state index is 11.5. The normalized spacial score (nSPS) is 17.9. The summed E-state index contributed by atoms with van der Waals surface area (Å²) in [6.45, 7) is 0. The third kappa shape index (κ3) is 3.10. The van der Waals surface area contributed by atoms with Crippen LogP contribution in [0.15, 0.2) is 24.3 Å². The topological polar surface area (TPSA) is 80.4 Å². The Labute approximate surface area is 111 Å². The summed E-state index contributed by atoms with van der Waals surface area (Å²) < 4.78 is 0. The van der Waals surface area contributed by atoms with E-state index in [0.717, 1.165) is 25.7 Å². The van der Waals surface area contributed by atoms with Gasteiger partial charge in [-0.3, -0.25) is 14.9 Å². The van der Waals surface area contributed by atoms with E-state index in [1.807, 2.05) is 0 Å². The first kappa shape index (κ1) is 13.5. The molecule has 0 unspecified atom stereocenters. The van der Waals surface area contributed by atoms with E-state index in [9.17, 15) is 20.0 Å². The van der Waals surface area contributed by atoms with Gasteiger partial charge in [-0.15, -0.1) is 0 Å². The van der Waals surface area contributed by atoms with E-state index in [2.05, 4.69) is 0 Å². The number of non-ortho nitro benzene ring substituents is 1. The molecule has 1 N–H and O–H groups in total. The standard InChI is InChI=1S/C14H17NO4/c16-14(17)13(10-4-2-1-3-5-10)11-6-8-12(9-7-11)15(18)19/h6-10,13H,1-5H2,(H,16,17)/t13-/m0/s1. The molecule has 102 valence electrons. The number of aliphatic carboxylic acids is 1. The SMILES string of the molecule is O=C(O)[C@H](c1ccc([N+](=O)[O-])cc1)C1CCCCC1. The van der Waals surface area contributed by atoms with Crippen molar-refractivity contribution in [1.29, 1.82) is 0 Å². The molecule has 5 nitrogen and oxygen atoms in total. The second-order valence-corrected chi connectivity index (χ2v) is 5.06. The van der Waals surface area contributed by atoms with E-state index in [-0.39, 0.29) is 11.6 Å². The molecular weight excluding hydrogens is 246 g/mol. The molecule has 1 aromatic rings. The average molecular weight is 263 g/mol. The van der Waals surface area contributed by atoms with Crippen molar-refractivity contribution in [2.75, 3.05) is 0 Å². The fourth-order valence-electron chi connectivity index (χ4n) is 2.89. The van der Waals surface area contributed by atoms with Gasteiger partial charge in [-0.1, -0.05) is 31.4 Å². The zero-order valence-electron chi connectivity index (χ0n) is 10.6. The fourth-order valence-corrected chi connectivity index (χ4v) is 2.89. The van der Waals surface area contributed by atoms with Gasteiger partial charge in [0.05, 0.1) is 10.8 Å². The summed E-state index contributed by atoms with van der Waals surface area (Å²) in [7, 11) is 0. The van der Waals surface area contributed by atoms with Crippen molar-refractivity contribution in [3.05, 3.63) is 39.9 Å². The molecule has 0 bridgehead atoms. The Morgan fingerprint density at radius 3 is 2.26 bits per heavy atom. The van der Waals surface area contributed by atoms with Crippen LogP contribution in [0.1, 0.15) is 43.6 Å². The van der Waals surface area contributed by atoms with Crippen LogP contribution in [0, 0.1) is 16.0 Å². The molecule has 1 aliphatic carbocycles. The molecule has 1 atom stereocenters. The largest absolute Gasteiger partial charge is 0.481 e. The van der Waals surface area contributed by atoms with Crippen molar-refractivity contribution in [3.8, 4) is 0 Å². The highest BCUT2D eigenvalue weighted by Gasteiger charge is 2.30. The number of carboxylic acids is 1. The molecule has 1 saturated carbocycles. The first-order valence-electron chi connectivity index (χ1n) is 6.57. The van der Waals surface area contributed by atoms with Crippen molar-refractivity contribution < 1.29 is 14.8 Å². The van der Waals surface area contributed by atoms with Gasteiger partial charge in [-0.25, -0.2) is 0 Å². The Morgan fingerprint density at radius 2 is 1.79 bits per heavy atom. The number of benzene rings is 1. The molecule has 0 radical (unpaired) electrons. The molecule has 1 aliphatic rings. The van der Waals surface area contributed by atoms with Gasteiger partial charge in [0.15, 0.2) is 0 Å². The van der Waals surface area contributed by atoms with Gasteiger partial charge in [-0.05, 0) is 24.3 Å². The second kappa shape index (κ2) is 5.82. The maximum atomic E-state index is 11.5. The molecular formula is C14H17NO4. The highest BCUT2D eigenvalue weighted by molar-refractivity contribution is 5.76. The molecule has 0 saturated heterocycles. The number of carboxylic acid groups (broad SMARTS) is 1. The third-order valence-corrected chi connectivity index (χ3v) is 3.85. The Hall–Kier alpha value is -1.91. The predicted octanol–water partition coefficient (Wildman–Crippen LogP) is 3.34. The highest BCUT2D eigenvalue weighted by Crippen LogP contribution is 2.36. The molecule has 19 heavy (non-hydrogen) atoms. The molecule has 1 aromatic carbocycles. The predicted molar refractivity (Wildman–Crippen MR) is 70.0 cm³/mol. The van der Waals surface area contributed by atoms with Crippen molar-refractivity contribution in [2.45, 2.75) is 38.0 Å². The molecule has 1 fully saturated rings. The number of nitro groups is 1. The van der Waals surface area contributed by atoms with E-state index in [1.54, 1.807) is 12.1 Å². The van der Waals surface area contributed by atoms with Crippen LogP contribution in [0.3, 0.4) is 0 Å². The summed E-state index contributed by atoms with van der Waals surface area (Å²) in [6.07, 6.45) is 5.16. The highest BCUT2D eigenvalue weighted by atomic mass is 16.6. The van der Waals surface area contributed by atoms with E-state index in [0.29, 0.717) is 5.56 Å². The number of hydrogen-bond acceptors (Lipinski definition) is 3. The summed E-state index contributed by atoms with van der Waals surface area (Å²) in [6, 6.07) is 5.92. The first-order valence-corrected chi connectivity index (χ1v) is 6.57. The van der Waals surface area contributed by atoms with Gasteiger partial charge in [0.25, 0.3) is 5.69 Å². The summed E-state index contributed by atoms with van der Waals surface area (Å²) in [5, 5.41) is 20.0. The van der Waals surface area contributed by atoms with E-state index in [4.69, 9.17) is 0 Å². The van der Waals surface area contributed by atoms with Crippen molar-refractivity contribution in [2.24, 2.45) is 5.92 Å². The molecule has 5 heteroatoms. The number of hydrogen-bond donors (Lipinski definition) is 1. The minimum Gasteiger partial charge on any atom is -0.481 e. The zero-order valence-corrected chi connectivity index (χ0v) is 10.6.